The normalized spacial score (nSPS) is 32.3. The van der Waals surface area contributed by atoms with Crippen molar-refractivity contribution in [3.63, 3.8) is 0 Å². The minimum absolute atomic E-state index is 0.0211. The number of phosphoric acid groups is 4. The number of aliphatic hydroxyl groups excluding tert-OH is 9. The van der Waals surface area contributed by atoms with Crippen LogP contribution in [0.25, 0.3) is 0 Å². The predicted molar refractivity (Wildman–Crippen MR) is 337 cm³/mol. The quantitative estimate of drug-likeness (QED) is 0.0183. The van der Waals surface area contributed by atoms with Gasteiger partial charge in [0.25, 0.3) is 31.3 Å². The molecule has 1 amide bonds. The molecule has 102 heavy (non-hydrogen) atoms. The van der Waals surface area contributed by atoms with Gasteiger partial charge in [0.2, 0.25) is 5.91 Å². The van der Waals surface area contributed by atoms with Gasteiger partial charge in [0.1, 0.15) is 62.5 Å². The van der Waals surface area contributed by atoms with Crippen molar-refractivity contribution in [2.24, 2.45) is 17.3 Å². The summed E-state index contributed by atoms with van der Waals surface area (Å²) in [5, 5.41) is 92.5. The van der Waals surface area contributed by atoms with Gasteiger partial charge in [0.05, 0.1) is 103 Å². The Bertz CT molecular complexity index is 2510. The summed E-state index contributed by atoms with van der Waals surface area (Å²) >= 11 is 0. The summed E-state index contributed by atoms with van der Waals surface area (Å²) < 4.78 is 166. The second-order valence-corrected chi connectivity index (χ2v) is 33.5. The first-order valence-corrected chi connectivity index (χ1v) is 41.2. The van der Waals surface area contributed by atoms with Gasteiger partial charge in [0, 0.05) is 50.7 Å². The molecule has 4 fully saturated rings. The Morgan fingerprint density at radius 3 is 1.19 bits per heavy atom. The third kappa shape index (κ3) is 33.9. The number of aliphatic hydroxyl groups is 9. The Morgan fingerprint density at radius 1 is 0.461 bits per heavy atom. The molecule has 12 unspecified atom stereocenters. The molecule has 0 aromatic heterocycles. The van der Waals surface area contributed by atoms with Crippen LogP contribution in [0.1, 0.15) is 125 Å². The minimum Gasteiger partial charge on any atom is -0.778 e. The Balaban J connectivity index is 1.39. The molecule has 10 N–H and O–H groups in total. The largest absolute Gasteiger partial charge is 0.778 e. The van der Waals surface area contributed by atoms with E-state index in [1.54, 1.807) is 20.8 Å². The van der Waals surface area contributed by atoms with Crippen LogP contribution in [0.5, 0.6) is 0 Å². The number of rotatable bonds is 55. The van der Waals surface area contributed by atoms with Crippen molar-refractivity contribution in [3.8, 4) is 0 Å². The number of carbonyl (C=O) groups excluding carboxylic acids is 1. The van der Waals surface area contributed by atoms with Crippen LogP contribution in [-0.4, -0.2) is 269 Å². The van der Waals surface area contributed by atoms with Gasteiger partial charge in [-0.25, -0.2) is 0 Å². The number of ether oxygens (including phenoxy) is 10. The maximum absolute atomic E-state index is 13.6. The summed E-state index contributed by atoms with van der Waals surface area (Å²) in [7, 11) is -25.5. The Morgan fingerprint density at radius 2 is 0.814 bits per heavy atom. The molecule has 604 valence electrons. The lowest BCUT2D eigenvalue weighted by Gasteiger charge is -2.42. The first kappa shape index (κ1) is 93.7. The van der Waals surface area contributed by atoms with Crippen LogP contribution in [0.3, 0.4) is 0 Å². The zero-order valence-electron chi connectivity index (χ0n) is 58.2. The maximum Gasteiger partial charge on any atom is 0.269 e. The fourth-order valence-electron chi connectivity index (χ4n) is 10.6. The molecule has 23 atom stereocenters. The zero-order valence-corrected chi connectivity index (χ0v) is 62.7. The number of hydrogen-bond donors (Lipinski definition) is 10. The van der Waals surface area contributed by atoms with E-state index in [4.69, 9.17) is 88.1 Å². The average Bonchev–Trinajstić information content (AvgIpc) is 1.06. The van der Waals surface area contributed by atoms with Gasteiger partial charge < -0.3 is 155 Å². The van der Waals surface area contributed by atoms with E-state index in [-0.39, 0.29) is 58.7 Å². The van der Waals surface area contributed by atoms with Crippen molar-refractivity contribution in [1.29, 1.82) is 0 Å². The van der Waals surface area contributed by atoms with E-state index in [0.29, 0.717) is 57.8 Å². The van der Waals surface area contributed by atoms with Crippen molar-refractivity contribution in [2.75, 3.05) is 113 Å². The second kappa shape index (κ2) is 46.8. The van der Waals surface area contributed by atoms with E-state index in [9.17, 15) is 98.0 Å². The molecule has 0 aromatic carbocycles. The van der Waals surface area contributed by atoms with Crippen LogP contribution in [0.2, 0.25) is 0 Å². The van der Waals surface area contributed by atoms with Crippen molar-refractivity contribution >= 4 is 44.8 Å². The lowest BCUT2D eigenvalue weighted by molar-refractivity contribution is -0.282. The topological polar surface area (TPSA) is 587 Å². The smallest absolute Gasteiger partial charge is 0.269 e. The highest BCUT2D eigenvalue weighted by Gasteiger charge is 2.47. The maximum atomic E-state index is 13.6. The molecule has 40 nitrogen and oxygen atoms in total. The summed E-state index contributed by atoms with van der Waals surface area (Å²) in [4.78, 5) is 76.7. The van der Waals surface area contributed by atoms with Crippen LogP contribution < -0.4 is 29.8 Å². The summed E-state index contributed by atoms with van der Waals surface area (Å²) in [6, 6.07) is -1.16. The number of phosphoric ester groups is 4. The molecule has 0 saturated carbocycles. The summed E-state index contributed by atoms with van der Waals surface area (Å²) in [6.45, 7) is -1.85. The summed E-state index contributed by atoms with van der Waals surface area (Å²) in [6.07, 6.45) is -12.8. The van der Waals surface area contributed by atoms with Gasteiger partial charge in [-0.1, -0.05) is 66.2 Å². The number of hydrogen-bond acceptors (Lipinski definition) is 39. The molecule has 0 aromatic rings. The van der Waals surface area contributed by atoms with Crippen molar-refractivity contribution in [1.82, 2.24) is 5.32 Å². The monoisotopic (exact) mass is 1580 g/mol. The van der Waals surface area contributed by atoms with Gasteiger partial charge in [-0.2, -0.15) is 0 Å². The molecule has 4 rings (SSSR count). The van der Waals surface area contributed by atoms with Gasteiger partial charge in [-0.05, 0) is 45.4 Å². The number of carbonyl (C=O) groups is 1. The van der Waals surface area contributed by atoms with Crippen molar-refractivity contribution in [3.05, 3.63) is 0 Å². The van der Waals surface area contributed by atoms with Crippen LogP contribution >= 0.6 is 38.9 Å². The third-order valence-electron chi connectivity index (χ3n) is 16.7. The molecule has 0 spiro atoms. The SMILES string of the molecule is CC(=O)NC1[C@H](OCCCCCCOP(=O)([O-])OCOCC(COCOP(=O)([O-])OCCCCCCO[C@@H]2OC(CO)[C@H](O)[C@H](O)C2C)(COCOP(=O)([O-])OCCCCCCO[C@@H]2OC(CO)[C@H](O)[C@H](O)C2C)COP(=O)([O-])OC[C@H]2O[C@@H](C)CC2OP(=O)([O-])C(C)C)OC(CO)[C@H](O)[C@@H]1O. The minimum atomic E-state index is -5.55. The highest BCUT2D eigenvalue weighted by molar-refractivity contribution is 7.52. The lowest BCUT2D eigenvalue weighted by atomic mass is 9.92. The molecule has 0 radical (unpaired) electrons. The van der Waals surface area contributed by atoms with Crippen molar-refractivity contribution < 1.29 is 186 Å². The van der Waals surface area contributed by atoms with E-state index in [1.165, 1.54) is 20.8 Å². The molecule has 4 aliphatic heterocycles. The third-order valence-corrected chi connectivity index (χ3v) is 22.2. The van der Waals surface area contributed by atoms with Crippen LogP contribution in [0.4, 0.5) is 0 Å². The molecular formula is C57H107NO39P5-5. The molecule has 4 heterocycles. The highest BCUT2D eigenvalue weighted by Crippen LogP contribution is 2.48. The van der Waals surface area contributed by atoms with Gasteiger partial charge in [0.15, 0.2) is 39.2 Å². The van der Waals surface area contributed by atoms with Gasteiger partial charge in [-0.15, -0.1) is 0 Å². The van der Waals surface area contributed by atoms with E-state index in [2.05, 4.69) is 5.32 Å². The molecule has 45 heteroatoms. The van der Waals surface area contributed by atoms with Gasteiger partial charge in [-0.3, -0.25) is 36.6 Å². The van der Waals surface area contributed by atoms with Gasteiger partial charge >= 0.3 is 0 Å². The summed E-state index contributed by atoms with van der Waals surface area (Å²) in [5.74, 6) is -1.76. The fourth-order valence-corrected chi connectivity index (χ4v) is 14.2. The summed E-state index contributed by atoms with van der Waals surface area (Å²) in [5.41, 5.74) is -3.05. The molecule has 4 aliphatic rings. The first-order chi connectivity index (χ1) is 48.0. The van der Waals surface area contributed by atoms with Crippen LogP contribution in [0, 0.1) is 17.3 Å². The molecule has 0 aliphatic carbocycles. The van der Waals surface area contributed by atoms with Crippen LogP contribution in [0.15, 0.2) is 0 Å². The average molecular weight is 1590 g/mol. The Hall–Kier alpha value is -0.700. The highest BCUT2D eigenvalue weighted by atomic mass is 31.2. The van der Waals surface area contributed by atoms with E-state index in [1.807, 2.05) is 0 Å². The van der Waals surface area contributed by atoms with E-state index >= 15 is 0 Å². The first-order valence-electron chi connectivity index (χ1n) is 33.8. The standard InChI is InChI=1S/C57H112NO39P5/c1-37(2)98(69,70)97-42-25-38(3)93-46(42)29-88-102(77,78)89-33-57(30-79-34-90-99(71,72)85-22-16-10-7-13-19-82-54-39(4)48(63)50(65)43(26-59)94-54,31-80-35-91-100(73,74)86-23-17-11-8-14-20-83-55-40(5)49(64)51(66)44(27-60)95-55)32-81-36-92-101(75,76)87-24-18-12-9-15-21-84-56-47(58-41(6)62)53(68)52(67)45(28-61)96-56/h37-40,42-56,59-61,63-68H,7-36H2,1-6H3,(H,58,62)(H,69,70)(H,71,72)(H,73,74)(H,75,76)(H,77,78)/p-5/t38-,39?,40?,42?,43?,44?,45?,46+,47?,48+,49+,50-,51-,52-,53+,54+,55+,56+,57?/m0/s1. The zero-order chi connectivity index (χ0) is 75.9. The van der Waals surface area contributed by atoms with E-state index in [0.717, 1.165) is 0 Å². The number of nitrogens with one attached hydrogen (secondary N) is 1. The number of unbranched alkanes of at least 4 members (excludes halogenated alkanes) is 9. The predicted octanol–water partition coefficient (Wildman–Crippen LogP) is -1.75. The molecule has 0 bridgehead atoms. The molecule has 4 saturated heterocycles. The Labute approximate surface area is 593 Å². The fraction of sp³-hybridized carbons (Fsp3) is 0.982. The van der Waals surface area contributed by atoms with Crippen LogP contribution in [-0.2, 0) is 116 Å². The lowest BCUT2D eigenvalue weighted by Crippen LogP contribution is -2.64. The van der Waals surface area contributed by atoms with E-state index < -0.39 is 246 Å². The second-order valence-electron chi connectivity index (χ2n) is 25.6. The number of amides is 1. The van der Waals surface area contributed by atoms with Crippen molar-refractivity contribution in [2.45, 2.75) is 229 Å². The Kier molecular flexibility index (Phi) is 43.0. The molecular weight excluding hydrogens is 1480 g/mol.